The number of ether oxygens (including phenoxy) is 2. The molecule has 6 heteroatoms. The van der Waals surface area contributed by atoms with Gasteiger partial charge in [0, 0.05) is 0 Å². The van der Waals surface area contributed by atoms with Crippen LogP contribution in [0.5, 0.6) is 0 Å². The van der Waals surface area contributed by atoms with E-state index in [-0.39, 0.29) is 6.10 Å². The molecule has 0 saturated heterocycles. The molecule has 0 aliphatic heterocycles. The molecule has 1 unspecified atom stereocenters. The molecule has 2 aromatic carbocycles. The van der Waals surface area contributed by atoms with Gasteiger partial charge in [0.15, 0.2) is 0 Å². The number of rotatable bonds is 10. The van der Waals surface area contributed by atoms with E-state index < -0.39 is 32.7 Å². The standard InChI is InChI=1S/C20H21F3O2Te/c1-2-12-25-18(14-24-13-16-6-4-3-5-7-16)15-26-19-10-8-17(9-11-19)20(21,22)23/h2-11,18H,1,12-15H2. The molecular formula is C20H21F3O2Te. The Bertz CT molecular complexity index is 657. The van der Waals surface area contributed by atoms with Crippen molar-refractivity contribution in [2.24, 2.45) is 0 Å². The molecule has 0 spiro atoms. The van der Waals surface area contributed by atoms with Crippen LogP contribution in [0.4, 0.5) is 13.2 Å². The summed E-state index contributed by atoms with van der Waals surface area (Å²) in [6, 6.07) is 15.3. The van der Waals surface area contributed by atoms with E-state index in [0.29, 0.717) is 19.8 Å². The molecule has 2 rings (SSSR count). The maximum atomic E-state index is 12.6. The summed E-state index contributed by atoms with van der Waals surface area (Å²) < 4.78 is 51.1. The third-order valence-corrected chi connectivity index (χ3v) is 6.75. The Morgan fingerprint density at radius 2 is 1.73 bits per heavy atom. The van der Waals surface area contributed by atoms with Crippen molar-refractivity contribution >= 4 is 24.5 Å². The third kappa shape index (κ3) is 7.51. The van der Waals surface area contributed by atoms with E-state index in [1.54, 1.807) is 18.2 Å². The summed E-state index contributed by atoms with van der Waals surface area (Å²) in [7, 11) is 0. The van der Waals surface area contributed by atoms with Crippen molar-refractivity contribution in [2.75, 3.05) is 13.2 Å². The quantitative estimate of drug-likeness (QED) is 0.376. The van der Waals surface area contributed by atoms with Gasteiger partial charge in [0.1, 0.15) is 0 Å². The first-order valence-electron chi connectivity index (χ1n) is 8.13. The van der Waals surface area contributed by atoms with Gasteiger partial charge in [-0.05, 0) is 0 Å². The van der Waals surface area contributed by atoms with Gasteiger partial charge in [-0.25, -0.2) is 0 Å². The summed E-state index contributed by atoms with van der Waals surface area (Å²) in [4.78, 5) is 0. The van der Waals surface area contributed by atoms with E-state index in [0.717, 1.165) is 25.8 Å². The van der Waals surface area contributed by atoms with Crippen LogP contribution in [0.15, 0.2) is 67.3 Å². The molecule has 2 aromatic rings. The molecule has 0 aromatic heterocycles. The van der Waals surface area contributed by atoms with Crippen LogP contribution in [0.3, 0.4) is 0 Å². The van der Waals surface area contributed by atoms with Crippen molar-refractivity contribution in [1.29, 1.82) is 0 Å². The molecule has 0 aliphatic rings. The topological polar surface area (TPSA) is 18.5 Å². The predicted molar refractivity (Wildman–Crippen MR) is 97.7 cm³/mol. The van der Waals surface area contributed by atoms with Crippen molar-refractivity contribution in [3.05, 3.63) is 78.4 Å². The summed E-state index contributed by atoms with van der Waals surface area (Å²) in [6.07, 6.45) is -2.69. The van der Waals surface area contributed by atoms with Crippen molar-refractivity contribution in [3.63, 3.8) is 0 Å². The van der Waals surface area contributed by atoms with Gasteiger partial charge in [-0.1, -0.05) is 0 Å². The molecule has 0 aliphatic carbocycles. The van der Waals surface area contributed by atoms with Crippen LogP contribution in [0.25, 0.3) is 0 Å². The number of hydrogen-bond donors (Lipinski definition) is 0. The molecule has 0 amide bonds. The predicted octanol–water partition coefficient (Wildman–Crippen LogP) is 4.24. The van der Waals surface area contributed by atoms with E-state index in [2.05, 4.69) is 6.58 Å². The van der Waals surface area contributed by atoms with Crippen molar-refractivity contribution < 1.29 is 22.6 Å². The van der Waals surface area contributed by atoms with Crippen LogP contribution >= 0.6 is 0 Å². The molecule has 2 nitrogen and oxygen atoms in total. The summed E-state index contributed by atoms with van der Waals surface area (Å²) >= 11 is -0.657. The van der Waals surface area contributed by atoms with Crippen LogP contribution in [0.1, 0.15) is 11.1 Å². The average molecular weight is 478 g/mol. The molecule has 1 atom stereocenters. The van der Waals surface area contributed by atoms with Crippen LogP contribution in [0, 0.1) is 0 Å². The van der Waals surface area contributed by atoms with Crippen LogP contribution in [-0.2, 0) is 22.3 Å². The van der Waals surface area contributed by atoms with Crippen molar-refractivity contribution in [1.82, 2.24) is 0 Å². The van der Waals surface area contributed by atoms with Gasteiger partial charge in [-0.15, -0.1) is 0 Å². The number of alkyl halides is 3. The van der Waals surface area contributed by atoms with E-state index in [1.165, 1.54) is 0 Å². The van der Waals surface area contributed by atoms with Crippen LogP contribution in [0.2, 0.25) is 4.47 Å². The summed E-state index contributed by atoms with van der Waals surface area (Å²) in [5.74, 6) is 0. The molecule has 0 radical (unpaired) electrons. The Hall–Kier alpha value is -1.32. The van der Waals surface area contributed by atoms with Gasteiger partial charge in [0.2, 0.25) is 0 Å². The molecule has 0 heterocycles. The molecular weight excluding hydrogens is 457 g/mol. The van der Waals surface area contributed by atoms with Crippen molar-refractivity contribution in [2.45, 2.75) is 23.4 Å². The minimum atomic E-state index is -4.29. The van der Waals surface area contributed by atoms with Gasteiger partial charge in [-0.3, -0.25) is 0 Å². The van der Waals surface area contributed by atoms with Crippen molar-refractivity contribution in [3.8, 4) is 0 Å². The van der Waals surface area contributed by atoms with Crippen LogP contribution < -0.4 is 3.61 Å². The Morgan fingerprint density at radius 3 is 2.35 bits per heavy atom. The normalized spacial score (nSPS) is 12.7. The molecule has 0 bridgehead atoms. The minimum absolute atomic E-state index is 0.0820. The van der Waals surface area contributed by atoms with E-state index >= 15 is 0 Å². The molecule has 26 heavy (non-hydrogen) atoms. The van der Waals surface area contributed by atoms with E-state index in [4.69, 9.17) is 9.47 Å². The van der Waals surface area contributed by atoms with Crippen LogP contribution in [-0.4, -0.2) is 40.2 Å². The number of benzene rings is 2. The average Bonchev–Trinajstić information content (AvgIpc) is 2.64. The number of hydrogen-bond acceptors (Lipinski definition) is 2. The zero-order chi connectivity index (χ0) is 18.8. The number of halogens is 3. The summed E-state index contributed by atoms with van der Waals surface area (Å²) in [6.45, 7) is 5.04. The van der Waals surface area contributed by atoms with E-state index in [1.807, 2.05) is 30.3 Å². The molecule has 0 fully saturated rings. The Morgan fingerprint density at radius 1 is 1.04 bits per heavy atom. The Balaban J connectivity index is 1.83. The molecule has 0 saturated carbocycles. The maximum absolute atomic E-state index is 12.6. The fraction of sp³-hybridized carbons (Fsp3) is 0.300. The first kappa shape index (κ1) is 21.0. The summed E-state index contributed by atoms with van der Waals surface area (Å²) in [5.41, 5.74) is 0.480. The third-order valence-electron chi connectivity index (χ3n) is 3.48. The first-order valence-corrected chi connectivity index (χ1v) is 10.9. The second kappa shape index (κ2) is 10.7. The monoisotopic (exact) mass is 480 g/mol. The van der Waals surface area contributed by atoms with E-state index in [9.17, 15) is 13.2 Å². The fourth-order valence-corrected chi connectivity index (χ4v) is 4.73. The second-order valence-electron chi connectivity index (χ2n) is 5.58. The Labute approximate surface area is 162 Å². The van der Waals surface area contributed by atoms with Gasteiger partial charge in [0.05, 0.1) is 0 Å². The fourth-order valence-electron chi connectivity index (χ4n) is 2.16. The first-order chi connectivity index (χ1) is 12.5. The SMILES string of the molecule is C=CCOC(COCc1ccccc1)C[Te]c1ccc(C(F)(F)F)cc1. The molecule has 140 valence electrons. The Kier molecular flexibility index (Phi) is 8.67. The zero-order valence-corrected chi connectivity index (χ0v) is 16.6. The van der Waals surface area contributed by atoms with Gasteiger partial charge >= 0.3 is 162 Å². The zero-order valence-electron chi connectivity index (χ0n) is 14.2. The second-order valence-corrected chi connectivity index (χ2v) is 8.70. The summed E-state index contributed by atoms with van der Waals surface area (Å²) in [5, 5.41) is 0. The van der Waals surface area contributed by atoms with Gasteiger partial charge < -0.3 is 0 Å². The van der Waals surface area contributed by atoms with Gasteiger partial charge in [-0.2, -0.15) is 0 Å². The molecule has 0 N–H and O–H groups in total. The van der Waals surface area contributed by atoms with Gasteiger partial charge in [0.25, 0.3) is 0 Å².